The van der Waals surface area contributed by atoms with Crippen LogP contribution in [0.15, 0.2) is 53.7 Å². The summed E-state index contributed by atoms with van der Waals surface area (Å²) < 4.78 is 7.37. The Hall–Kier alpha value is -4.47. The number of hydrogen-bond donors (Lipinski definition) is 3. The van der Waals surface area contributed by atoms with E-state index in [1.807, 2.05) is 31.3 Å². The molecule has 10 nitrogen and oxygen atoms in total. The number of fused-ring (bicyclic) bond motifs is 2. The van der Waals surface area contributed by atoms with Gasteiger partial charge in [0.2, 0.25) is 0 Å². The van der Waals surface area contributed by atoms with Gasteiger partial charge >= 0.3 is 0 Å². The lowest BCUT2D eigenvalue weighted by Crippen LogP contribution is -2.45. The van der Waals surface area contributed by atoms with Crippen LogP contribution in [0.3, 0.4) is 0 Å². The number of carbonyl (C=O) groups is 1. The van der Waals surface area contributed by atoms with Crippen LogP contribution in [0.4, 0.5) is 17.3 Å². The van der Waals surface area contributed by atoms with E-state index in [-0.39, 0.29) is 11.5 Å². The highest BCUT2D eigenvalue weighted by Crippen LogP contribution is 2.37. The van der Waals surface area contributed by atoms with Gasteiger partial charge in [-0.2, -0.15) is 0 Å². The van der Waals surface area contributed by atoms with Gasteiger partial charge in [0.1, 0.15) is 22.8 Å². The lowest BCUT2D eigenvalue weighted by atomic mass is 10.0. The van der Waals surface area contributed by atoms with Crippen LogP contribution < -0.4 is 26.2 Å². The summed E-state index contributed by atoms with van der Waals surface area (Å²) in [5.41, 5.74) is 2.31. The Kier molecular flexibility index (Phi) is 5.35. The Morgan fingerprint density at radius 2 is 1.94 bits per heavy atom. The minimum absolute atomic E-state index is 0.194. The summed E-state index contributed by atoms with van der Waals surface area (Å²) in [7, 11) is 3.47. The third kappa shape index (κ3) is 4.14. The third-order valence-corrected chi connectivity index (χ3v) is 5.88. The minimum atomic E-state index is -0.986. The molecular weight excluding hydrogens is 446 g/mol. The first-order valence-corrected chi connectivity index (χ1v) is 11.1. The molecule has 1 aliphatic heterocycles. The molecule has 4 aromatic rings. The van der Waals surface area contributed by atoms with E-state index in [4.69, 9.17) is 9.72 Å². The molecule has 0 radical (unpaired) electrons. The molecule has 0 bridgehead atoms. The van der Waals surface area contributed by atoms with E-state index in [1.165, 1.54) is 10.9 Å². The number of nitrogens with zero attached hydrogens (tertiary/aromatic N) is 4. The van der Waals surface area contributed by atoms with E-state index < -0.39 is 5.60 Å². The summed E-state index contributed by atoms with van der Waals surface area (Å²) in [6.45, 7) is 3.87. The first-order chi connectivity index (χ1) is 16.7. The van der Waals surface area contributed by atoms with Gasteiger partial charge in [-0.15, -0.1) is 0 Å². The van der Waals surface area contributed by atoms with Crippen LogP contribution in [0.5, 0.6) is 5.75 Å². The van der Waals surface area contributed by atoms with Crippen molar-refractivity contribution < 1.29 is 9.53 Å². The van der Waals surface area contributed by atoms with Crippen LogP contribution in [-0.2, 0) is 18.4 Å². The predicted molar refractivity (Wildman–Crippen MR) is 135 cm³/mol. The summed E-state index contributed by atoms with van der Waals surface area (Å²) >= 11 is 0. The van der Waals surface area contributed by atoms with Crippen molar-refractivity contribution in [2.45, 2.75) is 26.0 Å². The number of nitrogens with one attached hydrogen (secondary N) is 3. The molecule has 10 heteroatoms. The number of benzene rings is 1. The van der Waals surface area contributed by atoms with E-state index in [2.05, 4.69) is 25.9 Å². The highest BCUT2D eigenvalue weighted by molar-refractivity contribution is 6.00. The predicted octanol–water partition coefficient (Wildman–Crippen LogP) is 3.15. The van der Waals surface area contributed by atoms with E-state index in [0.29, 0.717) is 40.4 Å². The van der Waals surface area contributed by atoms with E-state index in [1.54, 1.807) is 39.2 Å². The van der Waals surface area contributed by atoms with Gasteiger partial charge in [-0.25, -0.2) is 15.0 Å². The Morgan fingerprint density at radius 3 is 2.74 bits per heavy atom. The molecule has 1 aliphatic rings. The summed E-state index contributed by atoms with van der Waals surface area (Å²) in [5.74, 6) is 1.53. The fraction of sp³-hybridized carbons (Fsp3) is 0.240. The maximum Gasteiger partial charge on any atom is 0.268 e. The third-order valence-electron chi connectivity index (χ3n) is 5.88. The quantitative estimate of drug-likeness (QED) is 0.406. The summed E-state index contributed by atoms with van der Waals surface area (Å²) in [6.07, 6.45) is 3.22. The van der Waals surface area contributed by atoms with Crippen LogP contribution >= 0.6 is 0 Å². The van der Waals surface area contributed by atoms with Gasteiger partial charge in [-0.1, -0.05) is 6.07 Å². The smallest absolute Gasteiger partial charge is 0.268 e. The van der Waals surface area contributed by atoms with E-state index in [9.17, 15) is 9.59 Å². The maximum absolute atomic E-state index is 13.0. The van der Waals surface area contributed by atoms with Crippen molar-refractivity contribution in [2.75, 3.05) is 23.0 Å². The molecule has 0 saturated carbocycles. The Labute approximate surface area is 201 Å². The number of ether oxygens (including phenoxy) is 1. The van der Waals surface area contributed by atoms with Gasteiger partial charge in [-0.05, 0) is 49.7 Å². The topological polar surface area (TPSA) is 123 Å². The van der Waals surface area contributed by atoms with Crippen LogP contribution in [0, 0.1) is 0 Å². The van der Waals surface area contributed by atoms with Crippen molar-refractivity contribution in [3.05, 3.63) is 64.8 Å². The van der Waals surface area contributed by atoms with Gasteiger partial charge in [-0.3, -0.25) is 9.59 Å². The number of aromatic nitrogens is 4. The molecule has 4 heterocycles. The minimum Gasteiger partial charge on any atom is -0.476 e. The Morgan fingerprint density at radius 1 is 1.11 bits per heavy atom. The molecule has 3 N–H and O–H groups in total. The molecule has 0 fully saturated rings. The van der Waals surface area contributed by atoms with Gasteiger partial charge in [0.05, 0.1) is 23.2 Å². The molecule has 35 heavy (non-hydrogen) atoms. The zero-order chi connectivity index (χ0) is 24.7. The number of carbonyl (C=O) groups excluding carboxylic acids is 1. The average molecular weight is 472 g/mol. The molecule has 0 aliphatic carbocycles. The molecular formula is C25H25N7O3. The van der Waals surface area contributed by atoms with Crippen molar-refractivity contribution in [1.29, 1.82) is 0 Å². The van der Waals surface area contributed by atoms with Crippen LogP contribution in [0.2, 0.25) is 0 Å². The Bertz CT molecular complexity index is 1530. The number of anilines is 3. The van der Waals surface area contributed by atoms with E-state index in [0.717, 1.165) is 16.9 Å². The second kappa shape index (κ2) is 8.39. The number of amides is 1. The van der Waals surface area contributed by atoms with Crippen LogP contribution in [-0.4, -0.2) is 38.1 Å². The molecule has 0 unspecified atom stereocenters. The number of pyridine rings is 2. The largest absolute Gasteiger partial charge is 0.476 e. The van der Waals surface area contributed by atoms with Crippen molar-refractivity contribution in [2.24, 2.45) is 7.05 Å². The first kappa shape index (κ1) is 22.3. The highest BCUT2D eigenvalue weighted by Gasteiger charge is 2.35. The highest BCUT2D eigenvalue weighted by atomic mass is 16.5. The molecule has 0 saturated heterocycles. The van der Waals surface area contributed by atoms with Gasteiger partial charge < -0.3 is 25.3 Å². The first-order valence-electron chi connectivity index (χ1n) is 11.1. The summed E-state index contributed by atoms with van der Waals surface area (Å²) in [4.78, 5) is 38.7. The molecule has 178 valence electrons. The van der Waals surface area contributed by atoms with Crippen molar-refractivity contribution in [1.82, 2.24) is 19.5 Å². The Balaban J connectivity index is 1.58. The van der Waals surface area contributed by atoms with E-state index >= 15 is 0 Å². The average Bonchev–Trinajstić information content (AvgIpc) is 2.85. The number of aryl methyl sites for hydroxylation is 1. The lowest BCUT2D eigenvalue weighted by molar-refractivity contribution is -0.129. The molecule has 0 atom stereocenters. The van der Waals surface area contributed by atoms with Gasteiger partial charge in [0.25, 0.3) is 11.5 Å². The number of rotatable bonds is 5. The van der Waals surface area contributed by atoms with Crippen molar-refractivity contribution in [3.63, 3.8) is 0 Å². The summed E-state index contributed by atoms with van der Waals surface area (Å²) in [6, 6.07) is 11.1. The fourth-order valence-electron chi connectivity index (χ4n) is 3.87. The van der Waals surface area contributed by atoms with Gasteiger partial charge in [0.15, 0.2) is 5.60 Å². The van der Waals surface area contributed by atoms with Crippen LogP contribution in [0.1, 0.15) is 19.4 Å². The molecule has 1 amide bonds. The normalized spacial score (nSPS) is 14.1. The van der Waals surface area contributed by atoms with Crippen molar-refractivity contribution >= 4 is 34.1 Å². The number of hydrogen-bond acceptors (Lipinski definition) is 8. The monoisotopic (exact) mass is 471 g/mol. The zero-order valence-electron chi connectivity index (χ0n) is 19.8. The maximum atomic E-state index is 13.0. The van der Waals surface area contributed by atoms with Crippen LogP contribution in [0.25, 0.3) is 22.2 Å². The van der Waals surface area contributed by atoms with Gasteiger partial charge in [0, 0.05) is 32.4 Å². The second-order valence-corrected chi connectivity index (χ2v) is 8.84. The fourth-order valence-corrected chi connectivity index (χ4v) is 3.87. The molecule has 3 aromatic heterocycles. The molecule has 0 spiro atoms. The molecule has 5 rings (SSSR count). The lowest BCUT2D eigenvalue weighted by Gasteiger charge is -2.31. The second-order valence-electron chi connectivity index (χ2n) is 8.84. The molecule has 1 aromatic carbocycles. The standard InChI is InChI=1S/C25H25N7O3/c1-25(2)24(34)31-16-6-5-15(10-19(16)35-25)17-11-18-21(23(33)32(4)13-29-18)22(30-17)28-12-14-7-8-27-20(9-14)26-3/h5-11,13H,12H2,1-4H3,(H,26,27)(H,28,30)(H,31,34). The zero-order valence-corrected chi connectivity index (χ0v) is 19.8. The van der Waals surface area contributed by atoms with Crippen molar-refractivity contribution in [3.8, 4) is 17.0 Å². The SMILES string of the molecule is CNc1cc(CNc2nc(-c3ccc4c(c3)OC(C)(C)C(=O)N4)cc3ncn(C)c(=O)c23)ccn1. The summed E-state index contributed by atoms with van der Waals surface area (Å²) in [5, 5.41) is 9.60.